The summed E-state index contributed by atoms with van der Waals surface area (Å²) in [5.41, 5.74) is -4.45. The van der Waals surface area contributed by atoms with Crippen LogP contribution in [0.3, 0.4) is 0 Å². The molecule has 3 amide bonds. The number of alkyl halides is 9. The van der Waals surface area contributed by atoms with Crippen LogP contribution in [0.2, 0.25) is 0 Å². The quantitative estimate of drug-likeness (QED) is 0.0374. The number of amides is 3. The second-order valence-electron chi connectivity index (χ2n) is 25.6. The van der Waals surface area contributed by atoms with Crippen LogP contribution in [-0.2, 0) is 37.4 Å². The highest BCUT2D eigenvalue weighted by molar-refractivity contribution is 7.48. The Morgan fingerprint density at radius 1 is 0.423 bits per heavy atom. The molecular formula is C69H63F9N15O10P. The maximum Gasteiger partial charge on any atom is 0.477 e. The van der Waals surface area contributed by atoms with E-state index in [1.807, 2.05) is 20.8 Å². The number of benzene rings is 3. The number of carbonyl (C=O) groups is 3. The highest BCUT2D eigenvalue weighted by atomic mass is 31.2. The number of phosphoric acid groups is 1. The van der Waals surface area contributed by atoms with Crippen molar-refractivity contribution in [2.45, 2.75) is 136 Å². The Morgan fingerprint density at radius 2 is 0.692 bits per heavy atom. The lowest BCUT2D eigenvalue weighted by molar-refractivity contribution is -0.285. The normalized spacial score (nSPS) is 14.7. The molecule has 0 fully saturated rings. The Bertz CT molecular complexity index is 4820. The Kier molecular flexibility index (Phi) is 19.4. The smallest absolute Gasteiger partial charge is 0.339 e. The van der Waals surface area contributed by atoms with Gasteiger partial charge in [0.05, 0.1) is 18.6 Å². The van der Waals surface area contributed by atoms with Gasteiger partial charge < -0.3 is 29.5 Å². The van der Waals surface area contributed by atoms with Crippen molar-refractivity contribution in [1.82, 2.24) is 58.6 Å². The van der Waals surface area contributed by atoms with Crippen molar-refractivity contribution in [2.75, 3.05) is 16.0 Å². The maximum atomic E-state index is 15.8. The fourth-order valence-corrected chi connectivity index (χ4v) is 13.1. The largest absolute Gasteiger partial charge is 0.477 e. The summed E-state index contributed by atoms with van der Waals surface area (Å²) in [6, 6.07) is 24.2. The molecule has 0 saturated heterocycles. The SMILES string of the molecule is Cc1ccn2c(C(=O)Nc3cc(-c4noc(CCC(C)(OP(=O)(OC(C)(CCc5nc(-c6ccc(C)c(NC(=O)c7cnc8cc(C)ccn78)c6)no5)C(F)(F)F)OC(C)(CCc5nc(-c6ccc(C)c(NC(=O)c7cnc8cc(C)ccn78)c6)no5)C(F)(F)F)C(F)(F)F)n4)ccc3C)cnc2c1. The highest BCUT2D eigenvalue weighted by Gasteiger charge is 2.65. The molecule has 0 radical (unpaired) electrons. The number of halogens is 9. The molecule has 104 heavy (non-hydrogen) atoms. The summed E-state index contributed by atoms with van der Waals surface area (Å²) in [5.74, 6) is -4.12. The molecule has 12 rings (SSSR count). The molecule has 9 heterocycles. The molecule has 3 aromatic carbocycles. The number of hydrogen-bond donors (Lipinski definition) is 3. The predicted molar refractivity (Wildman–Crippen MR) is 356 cm³/mol. The molecule has 0 bridgehead atoms. The first-order valence-electron chi connectivity index (χ1n) is 31.9. The standard InChI is InChI=1S/C69H63F9N15O10P/c1-37-19-25-91-49(34-79-52(91)28-37)61(94)82-46-31-43(13-10-40(46)4)58-85-55(98-88-58)16-22-64(7,67(70,71)72)101-104(97,102-65(8,68(73,74)75)23-17-56-86-59(89-99-56)44-14-11-41(5)47(32-44)83-62(95)50-35-80-53-29-38(2)20-26-92(50)53)103-66(9,69(76,77)78)24-18-57-87-60(90-100-57)45-15-12-42(6)48(33-45)84-63(96)51-36-81-54-30-39(3)21-27-93(51)54/h10-15,19-21,25-36H,16-18,22-24H2,1-9H3,(H,82,94)(H,83,95)(H,84,96). The number of carbonyl (C=O) groups excluding carboxylic acids is 3. The number of nitrogens with one attached hydrogen (secondary N) is 3. The lowest BCUT2D eigenvalue weighted by Crippen LogP contribution is -2.50. The van der Waals surface area contributed by atoms with E-state index >= 15 is 44.1 Å². The molecule has 25 nitrogen and oxygen atoms in total. The van der Waals surface area contributed by atoms with E-state index in [-0.39, 0.29) is 89.1 Å². The molecular weight excluding hydrogens is 1400 g/mol. The molecule has 542 valence electrons. The van der Waals surface area contributed by atoms with Crippen molar-refractivity contribution in [3.8, 4) is 34.2 Å². The van der Waals surface area contributed by atoms with Crippen molar-refractivity contribution < 1.29 is 85.6 Å². The minimum atomic E-state index is -7.01. The minimum absolute atomic E-state index is 0.170. The van der Waals surface area contributed by atoms with Crippen LogP contribution in [0, 0.1) is 41.5 Å². The number of anilines is 3. The van der Waals surface area contributed by atoms with Crippen LogP contribution in [0.1, 0.15) is 123 Å². The number of aryl methyl sites for hydroxylation is 9. The van der Waals surface area contributed by atoms with E-state index in [4.69, 9.17) is 27.1 Å². The van der Waals surface area contributed by atoms with Gasteiger partial charge >= 0.3 is 26.4 Å². The Labute approximate surface area is 584 Å². The van der Waals surface area contributed by atoms with Crippen LogP contribution < -0.4 is 16.0 Å². The number of pyridine rings is 3. The summed E-state index contributed by atoms with van der Waals surface area (Å²) in [7, 11) is -7.01. The molecule has 12 aromatic rings. The van der Waals surface area contributed by atoms with Crippen LogP contribution in [0.15, 0.2) is 142 Å². The first-order chi connectivity index (χ1) is 48.9. The van der Waals surface area contributed by atoms with Crippen LogP contribution in [-0.4, -0.2) is 112 Å². The van der Waals surface area contributed by atoms with Crippen molar-refractivity contribution >= 4 is 59.5 Å². The number of fused-ring (bicyclic) bond motifs is 3. The first kappa shape index (κ1) is 72.8. The van der Waals surface area contributed by atoms with Gasteiger partial charge in [-0.3, -0.25) is 41.2 Å². The third kappa shape index (κ3) is 15.2. The van der Waals surface area contributed by atoms with Gasteiger partial charge in [-0.15, -0.1) is 0 Å². The zero-order valence-electron chi connectivity index (χ0n) is 56.7. The number of nitrogens with zero attached hydrogens (tertiary/aromatic N) is 12. The van der Waals surface area contributed by atoms with E-state index in [1.165, 1.54) is 55.0 Å². The molecule has 0 saturated carbocycles. The topological polar surface area (TPSA) is 301 Å². The summed E-state index contributed by atoms with van der Waals surface area (Å²) in [6.45, 7) is 11.2. The molecule has 35 heteroatoms. The van der Waals surface area contributed by atoms with E-state index in [9.17, 15) is 14.4 Å². The minimum Gasteiger partial charge on any atom is -0.339 e. The van der Waals surface area contributed by atoms with E-state index in [0.717, 1.165) is 16.7 Å². The van der Waals surface area contributed by atoms with Gasteiger partial charge in [0, 0.05) is 71.6 Å². The molecule has 0 spiro atoms. The number of rotatable bonds is 24. The van der Waals surface area contributed by atoms with Crippen molar-refractivity contribution in [3.63, 3.8) is 0 Å². The van der Waals surface area contributed by atoms with Gasteiger partial charge in [0.2, 0.25) is 35.1 Å². The lowest BCUT2D eigenvalue weighted by atomic mass is 9.99. The zero-order chi connectivity index (χ0) is 74.6. The first-order valence-corrected chi connectivity index (χ1v) is 33.4. The van der Waals surface area contributed by atoms with Gasteiger partial charge in [-0.2, -0.15) is 54.5 Å². The van der Waals surface area contributed by atoms with Crippen LogP contribution in [0.25, 0.3) is 51.1 Å². The van der Waals surface area contributed by atoms with Crippen molar-refractivity contribution in [2.24, 2.45) is 0 Å². The van der Waals surface area contributed by atoms with E-state index in [0.29, 0.717) is 33.6 Å². The monoisotopic (exact) mass is 1460 g/mol. The molecule has 0 aliphatic heterocycles. The summed E-state index contributed by atoms with van der Waals surface area (Å²) in [6.07, 6.45) is -15.8. The van der Waals surface area contributed by atoms with Gasteiger partial charge in [-0.25, -0.2) is 19.5 Å². The zero-order valence-corrected chi connectivity index (χ0v) is 57.6. The van der Waals surface area contributed by atoms with Gasteiger partial charge in [0.1, 0.15) is 34.0 Å². The third-order valence-electron chi connectivity index (χ3n) is 17.5. The molecule has 3 unspecified atom stereocenters. The second kappa shape index (κ2) is 27.7. The van der Waals surface area contributed by atoms with Gasteiger partial charge in [-0.05, 0) is 170 Å². The van der Waals surface area contributed by atoms with Crippen LogP contribution >= 0.6 is 7.82 Å². The fraction of sp³-hybridized carbons (Fsp3) is 0.304. The van der Waals surface area contributed by atoms with E-state index in [1.54, 1.807) is 107 Å². The van der Waals surface area contributed by atoms with Crippen molar-refractivity contribution in [1.29, 1.82) is 0 Å². The molecule has 9 aromatic heterocycles. The average Bonchev–Trinajstić information content (AvgIpc) is 1.02. The van der Waals surface area contributed by atoms with Gasteiger partial charge in [0.25, 0.3) is 17.7 Å². The third-order valence-corrected chi connectivity index (χ3v) is 19.4. The number of imidazole rings is 3. The Balaban J connectivity index is 0.809. The highest BCUT2D eigenvalue weighted by Crippen LogP contribution is 2.65. The van der Waals surface area contributed by atoms with E-state index < -0.39 is 117 Å². The second-order valence-corrected chi connectivity index (χ2v) is 27.1. The van der Waals surface area contributed by atoms with Crippen molar-refractivity contribution in [3.05, 3.63) is 196 Å². The van der Waals surface area contributed by atoms with Gasteiger partial charge in [0.15, 0.2) is 16.8 Å². The number of phosphoric ester groups is 1. The summed E-state index contributed by atoms with van der Waals surface area (Å²) >= 11 is 0. The summed E-state index contributed by atoms with van der Waals surface area (Å²) < 4.78 is 194. The summed E-state index contributed by atoms with van der Waals surface area (Å²) in [4.78, 5) is 66.0. The fourth-order valence-electron chi connectivity index (χ4n) is 11.0. The summed E-state index contributed by atoms with van der Waals surface area (Å²) in [5, 5.41) is 19.9. The lowest BCUT2D eigenvalue weighted by Gasteiger charge is -2.42. The Hall–Kier alpha value is -11.0. The average molecular weight is 1460 g/mol. The Morgan fingerprint density at radius 3 is 0.952 bits per heavy atom. The maximum absolute atomic E-state index is 15.8. The predicted octanol–water partition coefficient (Wildman–Crippen LogP) is 15.7. The van der Waals surface area contributed by atoms with Crippen LogP contribution in [0.4, 0.5) is 56.6 Å². The van der Waals surface area contributed by atoms with Crippen LogP contribution in [0.5, 0.6) is 0 Å². The molecule has 3 N–H and O–H groups in total. The van der Waals surface area contributed by atoms with E-state index in [2.05, 4.69) is 61.3 Å². The molecule has 0 aliphatic carbocycles. The number of hydrogen-bond acceptors (Lipinski definition) is 19. The van der Waals surface area contributed by atoms with Gasteiger partial charge in [-0.1, -0.05) is 51.9 Å². The number of aromatic nitrogens is 12. The molecule has 0 aliphatic rings. The molecule has 3 atom stereocenters.